The Hall–Kier alpha value is -1.83. The van der Waals surface area contributed by atoms with Crippen LogP contribution in [-0.4, -0.2) is 5.91 Å². The van der Waals surface area contributed by atoms with Crippen LogP contribution in [0.1, 0.15) is 29.8 Å². The maximum absolute atomic E-state index is 12.0. The maximum atomic E-state index is 12.0. The first-order chi connectivity index (χ1) is 8.16. The number of nitrogens with one attached hydrogen (secondary N) is 1. The van der Waals surface area contributed by atoms with Gasteiger partial charge in [0, 0.05) is 11.1 Å². The van der Waals surface area contributed by atoms with Crippen molar-refractivity contribution in [3.05, 3.63) is 41.5 Å². The van der Waals surface area contributed by atoms with E-state index in [-0.39, 0.29) is 5.91 Å². The van der Waals surface area contributed by atoms with Crippen LogP contribution in [0.4, 0.5) is 5.69 Å². The summed E-state index contributed by atoms with van der Waals surface area (Å²) in [6, 6.07) is 10.2. The van der Waals surface area contributed by atoms with Crippen molar-refractivity contribution in [2.75, 3.05) is 5.32 Å². The first-order valence-electron chi connectivity index (χ1n) is 6.03. The summed E-state index contributed by atoms with van der Waals surface area (Å²) in [5.74, 6) is 0.608. The van der Waals surface area contributed by atoms with Gasteiger partial charge in [0.05, 0.1) is 5.56 Å². The van der Waals surface area contributed by atoms with Crippen molar-refractivity contribution >= 4 is 22.4 Å². The number of hydrogen-bond donors (Lipinski definition) is 1. The molecule has 0 aliphatic carbocycles. The van der Waals surface area contributed by atoms with E-state index in [0.717, 1.165) is 34.0 Å². The van der Waals surface area contributed by atoms with E-state index in [1.807, 2.05) is 12.1 Å². The van der Waals surface area contributed by atoms with Crippen LogP contribution in [0.3, 0.4) is 0 Å². The molecule has 2 aromatic carbocycles. The predicted octanol–water partition coefficient (Wildman–Crippen LogP) is 3.60. The van der Waals surface area contributed by atoms with Gasteiger partial charge in [-0.25, -0.2) is 0 Å². The van der Waals surface area contributed by atoms with Gasteiger partial charge in [-0.05, 0) is 29.4 Å². The quantitative estimate of drug-likeness (QED) is 0.831. The van der Waals surface area contributed by atoms with E-state index < -0.39 is 0 Å². The summed E-state index contributed by atoms with van der Waals surface area (Å²) in [5.41, 5.74) is 3.00. The van der Waals surface area contributed by atoms with Crippen molar-refractivity contribution in [3.8, 4) is 0 Å². The zero-order chi connectivity index (χ0) is 12.0. The highest BCUT2D eigenvalue weighted by atomic mass is 16.1. The number of carbonyl (C=O) groups is 1. The number of amides is 1. The summed E-state index contributed by atoms with van der Waals surface area (Å²) in [7, 11) is 0. The van der Waals surface area contributed by atoms with Gasteiger partial charge in [0.2, 0.25) is 0 Å². The van der Waals surface area contributed by atoms with Crippen LogP contribution in [0, 0.1) is 5.92 Å². The number of carbonyl (C=O) groups excluding carboxylic acids is 1. The highest BCUT2D eigenvalue weighted by Crippen LogP contribution is 2.35. The van der Waals surface area contributed by atoms with Gasteiger partial charge < -0.3 is 5.32 Å². The number of rotatable bonds is 2. The summed E-state index contributed by atoms with van der Waals surface area (Å²) >= 11 is 0. The Morgan fingerprint density at radius 3 is 2.76 bits per heavy atom. The summed E-state index contributed by atoms with van der Waals surface area (Å²) in [6.07, 6.45) is 0.951. The number of hydrogen-bond acceptors (Lipinski definition) is 1. The van der Waals surface area contributed by atoms with Crippen LogP contribution < -0.4 is 5.32 Å². The average Bonchev–Trinajstić information content (AvgIpc) is 2.61. The molecule has 2 heteroatoms. The van der Waals surface area contributed by atoms with E-state index in [2.05, 4.69) is 37.4 Å². The summed E-state index contributed by atoms with van der Waals surface area (Å²) in [4.78, 5) is 12.0. The molecule has 2 nitrogen and oxygen atoms in total. The zero-order valence-corrected chi connectivity index (χ0v) is 10.1. The molecule has 1 aliphatic heterocycles. The highest BCUT2D eigenvalue weighted by molar-refractivity contribution is 6.24. The van der Waals surface area contributed by atoms with E-state index in [1.165, 1.54) is 0 Å². The van der Waals surface area contributed by atoms with Crippen molar-refractivity contribution in [1.29, 1.82) is 0 Å². The normalized spacial score (nSPS) is 13.5. The molecule has 0 spiro atoms. The molecule has 0 bridgehead atoms. The Kier molecular flexibility index (Phi) is 2.18. The van der Waals surface area contributed by atoms with E-state index in [0.29, 0.717) is 5.92 Å². The van der Waals surface area contributed by atoms with E-state index in [9.17, 15) is 4.79 Å². The van der Waals surface area contributed by atoms with Crippen molar-refractivity contribution in [2.45, 2.75) is 20.3 Å². The van der Waals surface area contributed by atoms with Gasteiger partial charge in [0.25, 0.3) is 5.91 Å². The van der Waals surface area contributed by atoms with E-state index in [4.69, 9.17) is 0 Å². The van der Waals surface area contributed by atoms with E-state index in [1.54, 1.807) is 0 Å². The Morgan fingerprint density at radius 2 is 2.00 bits per heavy atom. The third-order valence-electron chi connectivity index (χ3n) is 3.24. The second-order valence-electron chi connectivity index (χ2n) is 5.06. The van der Waals surface area contributed by atoms with E-state index >= 15 is 0 Å². The lowest BCUT2D eigenvalue weighted by Gasteiger charge is -2.09. The molecule has 0 unspecified atom stereocenters. The molecule has 0 fully saturated rings. The minimum atomic E-state index is 0.0486. The minimum absolute atomic E-state index is 0.0486. The monoisotopic (exact) mass is 225 g/mol. The minimum Gasteiger partial charge on any atom is -0.321 e. The molecule has 3 rings (SSSR count). The fourth-order valence-electron chi connectivity index (χ4n) is 2.58. The van der Waals surface area contributed by atoms with Gasteiger partial charge in [-0.3, -0.25) is 4.79 Å². The van der Waals surface area contributed by atoms with Crippen LogP contribution in [0.15, 0.2) is 30.3 Å². The lowest BCUT2D eigenvalue weighted by molar-refractivity contribution is 0.103. The Balaban J connectivity index is 2.30. The largest absolute Gasteiger partial charge is 0.321 e. The molecule has 2 aromatic rings. The van der Waals surface area contributed by atoms with Gasteiger partial charge in [-0.2, -0.15) is 0 Å². The fraction of sp³-hybridized carbons (Fsp3) is 0.267. The second-order valence-corrected chi connectivity index (χ2v) is 5.06. The molecule has 1 heterocycles. The molecule has 0 radical (unpaired) electrons. The Labute approximate surface area is 101 Å². The molecule has 0 aromatic heterocycles. The predicted molar refractivity (Wildman–Crippen MR) is 70.4 cm³/mol. The zero-order valence-electron chi connectivity index (χ0n) is 10.1. The standard InChI is InChI=1S/C15H15NO/c1-9(2)8-11-7-6-10-4-3-5-12-13(10)14(11)15(17)16-12/h3-7,9H,8H2,1-2H3,(H,16,17). The topological polar surface area (TPSA) is 29.1 Å². The van der Waals surface area contributed by atoms with Gasteiger partial charge in [-0.15, -0.1) is 0 Å². The van der Waals surface area contributed by atoms with Crippen molar-refractivity contribution < 1.29 is 4.79 Å². The van der Waals surface area contributed by atoms with Gasteiger partial charge in [-0.1, -0.05) is 38.1 Å². The molecular weight excluding hydrogens is 210 g/mol. The summed E-state index contributed by atoms with van der Waals surface area (Å²) < 4.78 is 0. The van der Waals surface area contributed by atoms with Crippen LogP contribution in [0.5, 0.6) is 0 Å². The lowest BCUT2D eigenvalue weighted by Crippen LogP contribution is -2.08. The number of benzene rings is 2. The van der Waals surface area contributed by atoms with Crippen LogP contribution in [0.25, 0.3) is 10.8 Å². The maximum Gasteiger partial charge on any atom is 0.256 e. The van der Waals surface area contributed by atoms with Crippen molar-refractivity contribution in [3.63, 3.8) is 0 Å². The van der Waals surface area contributed by atoms with Crippen LogP contribution in [-0.2, 0) is 6.42 Å². The average molecular weight is 225 g/mol. The molecule has 1 N–H and O–H groups in total. The molecule has 0 atom stereocenters. The highest BCUT2D eigenvalue weighted by Gasteiger charge is 2.24. The Morgan fingerprint density at radius 1 is 1.18 bits per heavy atom. The molecular formula is C15H15NO. The number of anilines is 1. The second kappa shape index (κ2) is 3.59. The van der Waals surface area contributed by atoms with Gasteiger partial charge in [0.1, 0.15) is 0 Å². The molecule has 1 amide bonds. The lowest BCUT2D eigenvalue weighted by atomic mass is 9.94. The van der Waals surface area contributed by atoms with Crippen molar-refractivity contribution in [2.24, 2.45) is 5.92 Å². The van der Waals surface area contributed by atoms with Crippen LogP contribution in [0.2, 0.25) is 0 Å². The van der Waals surface area contributed by atoms with Crippen LogP contribution >= 0.6 is 0 Å². The molecule has 86 valence electrons. The molecule has 0 saturated heterocycles. The SMILES string of the molecule is CC(C)Cc1ccc2cccc3c2c1C(=O)N3. The van der Waals surface area contributed by atoms with Gasteiger partial charge >= 0.3 is 0 Å². The molecule has 17 heavy (non-hydrogen) atoms. The van der Waals surface area contributed by atoms with Crippen molar-refractivity contribution in [1.82, 2.24) is 0 Å². The summed E-state index contributed by atoms with van der Waals surface area (Å²) in [6.45, 7) is 4.35. The first-order valence-corrected chi connectivity index (χ1v) is 6.03. The third kappa shape index (κ3) is 1.52. The fourth-order valence-corrected chi connectivity index (χ4v) is 2.58. The Bertz CT molecular complexity index is 614. The summed E-state index contributed by atoms with van der Waals surface area (Å²) in [5, 5.41) is 5.18. The smallest absolute Gasteiger partial charge is 0.256 e. The third-order valence-corrected chi connectivity index (χ3v) is 3.24. The first kappa shape index (κ1) is 10.3. The molecule has 0 saturated carbocycles. The molecule has 1 aliphatic rings. The van der Waals surface area contributed by atoms with Gasteiger partial charge in [0.15, 0.2) is 0 Å².